The van der Waals surface area contributed by atoms with Gasteiger partial charge in [0.25, 0.3) is 11.7 Å². The van der Waals surface area contributed by atoms with Crippen LogP contribution in [-0.4, -0.2) is 122 Å². The highest BCUT2D eigenvalue weighted by atomic mass is 16.7. The van der Waals surface area contributed by atoms with Crippen LogP contribution in [0, 0.1) is 36.5 Å². The van der Waals surface area contributed by atoms with Crippen molar-refractivity contribution in [3.8, 4) is 28.7 Å². The van der Waals surface area contributed by atoms with Crippen molar-refractivity contribution in [2.24, 2.45) is 29.6 Å². The number of Topliss-reactive ketones (excluding diaryl/α,β-unsaturated/α-hetero) is 1. The predicted octanol–water partition coefficient (Wildman–Crippen LogP) is 6.52. The minimum absolute atomic E-state index is 0.00820. The molecule has 4 N–H and O–H groups in total. The van der Waals surface area contributed by atoms with Crippen LogP contribution >= 0.6 is 0 Å². The highest BCUT2D eigenvalue weighted by Crippen LogP contribution is 2.50. The van der Waals surface area contributed by atoms with Crippen molar-refractivity contribution in [2.45, 2.75) is 86.4 Å². The second-order valence-corrected chi connectivity index (χ2v) is 18.8. The first-order valence-corrected chi connectivity index (χ1v) is 23.7. The van der Waals surface area contributed by atoms with Gasteiger partial charge in [-0.1, -0.05) is 52.8 Å². The second-order valence-electron chi connectivity index (χ2n) is 18.8. The minimum Gasteiger partial charge on any atom is -0.507 e. The van der Waals surface area contributed by atoms with Crippen LogP contribution < -0.4 is 25.5 Å². The molecule has 0 saturated carbocycles. The number of aliphatic hydroxyl groups excluding tert-OH is 1. The predicted molar refractivity (Wildman–Crippen MR) is 260 cm³/mol. The molecule has 1 fully saturated rings. The number of methoxy groups -OCH3 is 1. The van der Waals surface area contributed by atoms with Gasteiger partial charge in [0.15, 0.2) is 11.3 Å². The normalized spacial score (nSPS) is 28.5. The van der Waals surface area contributed by atoms with Crippen molar-refractivity contribution < 1.29 is 57.4 Å². The summed E-state index contributed by atoms with van der Waals surface area (Å²) in [7, 11) is 1.51. The number of amides is 1. The first kappa shape index (κ1) is 51.0. The van der Waals surface area contributed by atoms with E-state index < -0.39 is 58.9 Å². The van der Waals surface area contributed by atoms with Crippen LogP contribution in [0.4, 0.5) is 5.69 Å². The fourth-order valence-corrected chi connectivity index (χ4v) is 9.19. The number of benzene rings is 3. The van der Waals surface area contributed by atoms with E-state index in [-0.39, 0.29) is 79.6 Å². The van der Waals surface area contributed by atoms with Crippen LogP contribution in [0.5, 0.6) is 17.2 Å². The van der Waals surface area contributed by atoms with Crippen molar-refractivity contribution in [1.29, 1.82) is 0 Å². The molecule has 0 aromatic heterocycles. The van der Waals surface area contributed by atoms with E-state index in [4.69, 9.17) is 37.8 Å². The lowest BCUT2D eigenvalue weighted by Crippen LogP contribution is -2.43. The molecule has 69 heavy (non-hydrogen) atoms. The Balaban J connectivity index is 1.31. The number of rotatable bonds is 12. The molecule has 0 radical (unpaired) electrons. The Morgan fingerprint density at radius 2 is 1.72 bits per heavy atom. The van der Waals surface area contributed by atoms with E-state index in [9.17, 15) is 29.4 Å². The molecule has 9 atom stereocenters. The van der Waals surface area contributed by atoms with E-state index in [1.165, 1.54) is 34.1 Å². The number of phenolic OH excluding ortho intramolecular Hbond substituents is 1. The fourth-order valence-electron chi connectivity index (χ4n) is 9.19. The van der Waals surface area contributed by atoms with E-state index >= 15 is 0 Å². The summed E-state index contributed by atoms with van der Waals surface area (Å²) < 4.78 is 42.4. The van der Waals surface area contributed by atoms with E-state index in [1.54, 1.807) is 49.4 Å². The SMILES string of the molecule is CO[C@H]1/C=C/O[C@@]2(C)Oc3c(C)c(O)c4c(=O)c(c5oc6cc(OCCNCCOCCN7CC7)ccc6nc-5c4c3C2=O)NC(=O)/C(C)=C\C=C\[C@H](C)[C@H](O)[C@@H](C)[C@@H](C)[C@@H](C)[C@H](OC(C)=O)[C@@H]1C. The standard InChI is InChI=1S/C52H66N4O13/c1-27-12-11-13-28(2)51(62)55-43-46(60)40-39(42-49(43)68-38-26-35(14-15-36(38)54-42)65-24-18-53-17-23-64-25-21-56-19-20-56)41-48(33(7)45(40)59)69-52(9,50(41)61)66-22-16-37(63-10)32(6)47(67-34(8)57)31(5)29(3)30(4)44(27)58/h11-16,22,26-27,29-32,37,44,47,53,58-59H,17-21,23-25H2,1-10H3,(H,55,62)/b12-11+,22-16+,28-13-/t27-,29+,30-,31+,32+,37-,44-,47-,52-/m0/s1. The van der Waals surface area contributed by atoms with Gasteiger partial charge in [-0.2, -0.15) is 0 Å². The summed E-state index contributed by atoms with van der Waals surface area (Å²) in [5.41, 5.74) is -0.415. The van der Waals surface area contributed by atoms with Gasteiger partial charge in [-0.25, -0.2) is 4.98 Å². The number of anilines is 1. The van der Waals surface area contributed by atoms with E-state index in [0.29, 0.717) is 44.2 Å². The maximum Gasteiger partial charge on any atom is 0.312 e. The van der Waals surface area contributed by atoms with Crippen LogP contribution in [0.15, 0.2) is 63.6 Å². The summed E-state index contributed by atoms with van der Waals surface area (Å²) >= 11 is 0. The highest BCUT2D eigenvalue weighted by molar-refractivity contribution is 6.22. The molecule has 7 rings (SSSR count). The molecule has 4 heterocycles. The number of nitrogens with one attached hydrogen (secondary N) is 2. The number of hydrogen-bond donors (Lipinski definition) is 4. The van der Waals surface area contributed by atoms with Gasteiger partial charge in [-0.05, 0) is 49.8 Å². The lowest BCUT2D eigenvalue weighted by atomic mass is 9.73. The summed E-state index contributed by atoms with van der Waals surface area (Å²) in [5, 5.41) is 29.1. The third kappa shape index (κ3) is 10.8. The van der Waals surface area contributed by atoms with E-state index in [0.717, 1.165) is 19.6 Å². The van der Waals surface area contributed by atoms with Crippen LogP contribution in [0.25, 0.3) is 33.3 Å². The lowest BCUT2D eigenvalue weighted by Gasteiger charge is -2.39. The quantitative estimate of drug-likeness (QED) is 0.0391. The number of allylic oxidation sites excluding steroid dienone is 2. The Hall–Kier alpha value is -5.85. The van der Waals surface area contributed by atoms with Crippen molar-refractivity contribution in [2.75, 3.05) is 65.0 Å². The Kier molecular flexibility index (Phi) is 15.8. The molecule has 2 aromatic carbocycles. The molecule has 372 valence electrons. The first-order chi connectivity index (χ1) is 32.9. The molecular formula is C52H66N4O13. The number of carbonyl (C=O) groups is 3. The van der Waals surface area contributed by atoms with Gasteiger partial charge in [0.05, 0.1) is 42.6 Å². The molecule has 2 aromatic rings. The number of aromatic hydroxyl groups is 1. The van der Waals surface area contributed by atoms with E-state index in [1.807, 2.05) is 34.6 Å². The maximum atomic E-state index is 14.8. The third-order valence-corrected chi connectivity index (χ3v) is 14.0. The number of ether oxygens (including phenoxy) is 6. The Bertz CT molecular complexity index is 2690. The average Bonchev–Trinajstić information content (AvgIpc) is 4.12. The zero-order valence-electron chi connectivity index (χ0n) is 41.2. The fraction of sp³-hybridized carbons (Fsp3) is 0.519. The number of aromatic nitrogens is 1. The topological polar surface area (TPSA) is 217 Å². The molecule has 1 aliphatic carbocycles. The van der Waals surface area contributed by atoms with Crippen molar-refractivity contribution in [3.05, 3.63) is 75.7 Å². The lowest BCUT2D eigenvalue weighted by molar-refractivity contribution is -0.157. The van der Waals surface area contributed by atoms with Gasteiger partial charge in [0, 0.05) is 88.1 Å². The van der Waals surface area contributed by atoms with Crippen LogP contribution in [0.3, 0.4) is 0 Å². The number of phenols is 1. The van der Waals surface area contributed by atoms with Crippen LogP contribution in [0.1, 0.15) is 71.3 Å². The Labute approximate surface area is 402 Å². The van der Waals surface area contributed by atoms with Gasteiger partial charge in [-0.3, -0.25) is 24.1 Å². The van der Waals surface area contributed by atoms with Crippen LogP contribution in [-0.2, 0) is 28.5 Å². The van der Waals surface area contributed by atoms with Gasteiger partial charge in [-0.15, -0.1) is 0 Å². The molecule has 1 amide bonds. The molecule has 17 heteroatoms. The van der Waals surface area contributed by atoms with Crippen molar-refractivity contribution in [1.82, 2.24) is 15.2 Å². The molecule has 17 nitrogen and oxygen atoms in total. The average molecular weight is 955 g/mol. The molecule has 4 aliphatic heterocycles. The minimum atomic E-state index is -2.01. The van der Waals surface area contributed by atoms with Gasteiger partial charge in [0.2, 0.25) is 5.43 Å². The number of carbonyl (C=O) groups excluding carboxylic acids is 3. The van der Waals surface area contributed by atoms with Crippen molar-refractivity contribution >= 4 is 45.2 Å². The molecule has 1 saturated heterocycles. The molecule has 0 unspecified atom stereocenters. The van der Waals surface area contributed by atoms with Crippen LogP contribution in [0.2, 0.25) is 0 Å². The van der Waals surface area contributed by atoms with E-state index in [2.05, 4.69) is 15.5 Å². The Morgan fingerprint density at radius 3 is 2.43 bits per heavy atom. The van der Waals surface area contributed by atoms with Gasteiger partial charge < -0.3 is 53.7 Å². The summed E-state index contributed by atoms with van der Waals surface area (Å²) in [5.74, 6) is -5.52. The second kappa shape index (κ2) is 21.4. The summed E-state index contributed by atoms with van der Waals surface area (Å²) in [4.78, 5) is 63.4. The zero-order valence-corrected chi connectivity index (χ0v) is 41.2. The molecular weight excluding hydrogens is 889 g/mol. The number of aliphatic hydroxyl groups is 1. The number of esters is 1. The highest BCUT2D eigenvalue weighted by Gasteiger charge is 2.50. The Morgan fingerprint density at radius 1 is 0.986 bits per heavy atom. The number of ketones is 1. The third-order valence-electron chi connectivity index (χ3n) is 14.0. The molecule has 0 spiro atoms. The smallest absolute Gasteiger partial charge is 0.312 e. The number of fused-ring (bicyclic) bond motifs is 2. The zero-order chi connectivity index (χ0) is 49.9. The first-order valence-electron chi connectivity index (χ1n) is 23.7. The molecule has 5 aliphatic rings. The van der Waals surface area contributed by atoms with Gasteiger partial charge >= 0.3 is 11.8 Å². The summed E-state index contributed by atoms with van der Waals surface area (Å²) in [6, 6.07) is 5.00. The summed E-state index contributed by atoms with van der Waals surface area (Å²) in [6.07, 6.45) is 5.73. The number of hydrogen-bond acceptors (Lipinski definition) is 16. The maximum absolute atomic E-state index is 14.8. The molecule has 4 bridgehead atoms. The van der Waals surface area contributed by atoms with Gasteiger partial charge in [0.1, 0.15) is 46.9 Å². The number of nitrogens with zero attached hydrogens (tertiary/aromatic N) is 2. The monoisotopic (exact) mass is 954 g/mol. The largest absolute Gasteiger partial charge is 0.507 e. The summed E-state index contributed by atoms with van der Waals surface area (Å²) in [6.45, 7) is 21.5. The van der Waals surface area contributed by atoms with Crippen molar-refractivity contribution in [3.63, 3.8) is 0 Å².